The highest BCUT2D eigenvalue weighted by Crippen LogP contribution is 2.22. The summed E-state index contributed by atoms with van der Waals surface area (Å²) in [6.07, 6.45) is 3.06. The lowest BCUT2D eigenvalue weighted by Gasteiger charge is -2.32. The van der Waals surface area contributed by atoms with Gasteiger partial charge in [-0.25, -0.2) is 9.97 Å². The van der Waals surface area contributed by atoms with Gasteiger partial charge in [-0.15, -0.1) is 5.10 Å². The van der Waals surface area contributed by atoms with Crippen molar-refractivity contribution in [3.05, 3.63) is 35.9 Å². The van der Waals surface area contributed by atoms with E-state index in [1.54, 1.807) is 0 Å². The molecule has 8 heteroatoms. The predicted octanol–water partition coefficient (Wildman–Crippen LogP) is 2.56. The monoisotopic (exact) mass is 370 g/mol. The highest BCUT2D eigenvalue weighted by molar-refractivity contribution is 7.99. The molecule has 2 aromatic heterocycles. The standard InChI is InChI=1S/C18H22N6OS/c1-12-19-18(23-22-12)26-11-17(25)24-8-4-5-13(10-24)9-16-20-14-6-2-3-7-15(14)21-16/h2-3,6-7,13H,4-5,8-11H2,1H3,(H,20,21)(H,19,22,23). The molecule has 3 heterocycles. The van der Waals surface area contributed by atoms with Crippen LogP contribution in [0.3, 0.4) is 0 Å². The number of aromatic amines is 2. The smallest absolute Gasteiger partial charge is 0.233 e. The Morgan fingerprint density at radius 3 is 3.04 bits per heavy atom. The molecule has 3 aromatic rings. The van der Waals surface area contributed by atoms with Crippen molar-refractivity contribution in [3.63, 3.8) is 0 Å². The van der Waals surface area contributed by atoms with Crippen molar-refractivity contribution < 1.29 is 4.79 Å². The molecule has 0 saturated carbocycles. The summed E-state index contributed by atoms with van der Waals surface area (Å²) in [5, 5.41) is 7.50. The van der Waals surface area contributed by atoms with Crippen LogP contribution in [0.1, 0.15) is 24.5 Å². The van der Waals surface area contributed by atoms with Gasteiger partial charge in [0.05, 0.1) is 16.8 Å². The van der Waals surface area contributed by atoms with Crippen LogP contribution in [0.5, 0.6) is 0 Å². The molecular formula is C18H22N6OS. The molecule has 0 spiro atoms. The fourth-order valence-corrected chi connectivity index (χ4v) is 4.19. The number of amides is 1. The first-order valence-corrected chi connectivity index (χ1v) is 9.89. The molecule has 1 fully saturated rings. The summed E-state index contributed by atoms with van der Waals surface area (Å²) in [6, 6.07) is 8.08. The Morgan fingerprint density at radius 1 is 1.35 bits per heavy atom. The number of rotatable bonds is 5. The van der Waals surface area contributed by atoms with Crippen LogP contribution in [0.4, 0.5) is 0 Å². The summed E-state index contributed by atoms with van der Waals surface area (Å²) in [5.74, 6) is 2.77. The fourth-order valence-electron chi connectivity index (χ4n) is 3.44. The van der Waals surface area contributed by atoms with Gasteiger partial charge >= 0.3 is 0 Å². The number of likely N-dealkylation sites (tertiary alicyclic amines) is 1. The molecule has 1 saturated heterocycles. The Labute approximate surface area is 156 Å². The van der Waals surface area contributed by atoms with E-state index in [2.05, 4.69) is 25.1 Å². The van der Waals surface area contributed by atoms with Crippen LogP contribution in [0.25, 0.3) is 11.0 Å². The summed E-state index contributed by atoms with van der Waals surface area (Å²) in [6.45, 7) is 3.48. The van der Waals surface area contributed by atoms with Crippen LogP contribution in [-0.2, 0) is 11.2 Å². The number of nitrogens with one attached hydrogen (secondary N) is 2. The van der Waals surface area contributed by atoms with Gasteiger partial charge in [0, 0.05) is 19.5 Å². The lowest BCUT2D eigenvalue weighted by Crippen LogP contribution is -2.41. The van der Waals surface area contributed by atoms with Crippen molar-refractivity contribution >= 4 is 28.7 Å². The van der Waals surface area contributed by atoms with Crippen LogP contribution < -0.4 is 0 Å². The SMILES string of the molecule is Cc1nc(SCC(=O)N2CCCC(Cc3nc4ccccc4[nH]3)C2)n[nH]1. The topological polar surface area (TPSA) is 90.6 Å². The number of hydrogen-bond acceptors (Lipinski definition) is 5. The molecule has 1 atom stereocenters. The van der Waals surface area contributed by atoms with Gasteiger partial charge in [0.1, 0.15) is 11.6 Å². The van der Waals surface area contributed by atoms with Crippen molar-refractivity contribution in [3.8, 4) is 0 Å². The number of aryl methyl sites for hydroxylation is 1. The van der Waals surface area contributed by atoms with Gasteiger partial charge in [0.15, 0.2) is 0 Å². The molecule has 0 radical (unpaired) electrons. The maximum absolute atomic E-state index is 12.5. The molecule has 136 valence electrons. The van der Waals surface area contributed by atoms with Gasteiger partial charge in [0.25, 0.3) is 0 Å². The van der Waals surface area contributed by atoms with Crippen molar-refractivity contribution in [2.75, 3.05) is 18.8 Å². The summed E-state index contributed by atoms with van der Waals surface area (Å²) >= 11 is 1.39. The van der Waals surface area contributed by atoms with Crippen LogP contribution in [0.15, 0.2) is 29.4 Å². The van der Waals surface area contributed by atoms with Gasteiger partial charge < -0.3 is 9.88 Å². The molecule has 1 unspecified atom stereocenters. The van der Waals surface area contributed by atoms with E-state index in [9.17, 15) is 4.79 Å². The van der Waals surface area contributed by atoms with E-state index in [0.29, 0.717) is 16.8 Å². The summed E-state index contributed by atoms with van der Waals surface area (Å²) < 4.78 is 0. The van der Waals surface area contributed by atoms with Crippen LogP contribution in [-0.4, -0.2) is 54.8 Å². The second-order valence-corrected chi connectivity index (χ2v) is 7.69. The first-order chi connectivity index (χ1) is 12.7. The number of carbonyl (C=O) groups is 1. The molecule has 1 aliphatic rings. The summed E-state index contributed by atoms with van der Waals surface area (Å²) in [4.78, 5) is 26.8. The minimum absolute atomic E-state index is 0.159. The lowest BCUT2D eigenvalue weighted by atomic mass is 9.94. The van der Waals surface area contributed by atoms with E-state index in [4.69, 9.17) is 0 Å². The molecule has 0 bridgehead atoms. The molecule has 7 nitrogen and oxygen atoms in total. The van der Waals surface area contributed by atoms with E-state index >= 15 is 0 Å². The largest absolute Gasteiger partial charge is 0.342 e. The quantitative estimate of drug-likeness (QED) is 0.674. The Morgan fingerprint density at radius 2 is 2.23 bits per heavy atom. The number of thioether (sulfide) groups is 1. The van der Waals surface area contributed by atoms with Crippen molar-refractivity contribution in [1.82, 2.24) is 30.0 Å². The second-order valence-electron chi connectivity index (χ2n) is 6.74. The third kappa shape index (κ3) is 3.90. The molecule has 2 N–H and O–H groups in total. The number of fused-ring (bicyclic) bond motifs is 1. The molecule has 1 aliphatic heterocycles. The van der Waals surface area contributed by atoms with E-state index in [0.717, 1.165) is 55.0 Å². The number of imidazole rings is 1. The molecule has 4 rings (SSSR count). The zero-order valence-corrected chi connectivity index (χ0v) is 15.6. The average molecular weight is 370 g/mol. The van der Waals surface area contributed by atoms with Gasteiger partial charge in [-0.3, -0.25) is 9.89 Å². The Kier molecular flexibility index (Phi) is 4.92. The van der Waals surface area contributed by atoms with Crippen LogP contribution in [0, 0.1) is 12.8 Å². The normalized spacial score (nSPS) is 17.7. The molecule has 26 heavy (non-hydrogen) atoms. The highest BCUT2D eigenvalue weighted by atomic mass is 32.2. The minimum Gasteiger partial charge on any atom is -0.342 e. The maximum Gasteiger partial charge on any atom is 0.233 e. The minimum atomic E-state index is 0.159. The van der Waals surface area contributed by atoms with Crippen molar-refractivity contribution in [1.29, 1.82) is 0 Å². The van der Waals surface area contributed by atoms with Gasteiger partial charge in [-0.2, -0.15) is 0 Å². The number of nitrogens with zero attached hydrogens (tertiary/aromatic N) is 4. The Bertz CT molecular complexity index is 871. The Hall–Kier alpha value is -2.35. The van der Waals surface area contributed by atoms with Crippen molar-refractivity contribution in [2.45, 2.75) is 31.3 Å². The number of para-hydroxylation sites is 2. The lowest BCUT2D eigenvalue weighted by molar-refractivity contribution is -0.130. The van der Waals surface area contributed by atoms with Gasteiger partial charge in [-0.1, -0.05) is 23.9 Å². The number of hydrogen-bond donors (Lipinski definition) is 2. The zero-order valence-electron chi connectivity index (χ0n) is 14.7. The average Bonchev–Trinajstić information content (AvgIpc) is 3.25. The first-order valence-electron chi connectivity index (χ1n) is 8.90. The second kappa shape index (κ2) is 7.49. The Balaban J connectivity index is 1.33. The highest BCUT2D eigenvalue weighted by Gasteiger charge is 2.25. The first kappa shape index (κ1) is 17.1. The molecule has 1 aromatic carbocycles. The van der Waals surface area contributed by atoms with E-state index < -0.39 is 0 Å². The van der Waals surface area contributed by atoms with Gasteiger partial charge in [-0.05, 0) is 37.8 Å². The van der Waals surface area contributed by atoms with Crippen molar-refractivity contribution in [2.24, 2.45) is 5.92 Å². The fraction of sp³-hybridized carbons (Fsp3) is 0.444. The molecular weight excluding hydrogens is 348 g/mol. The third-order valence-electron chi connectivity index (χ3n) is 4.69. The predicted molar refractivity (Wildman–Crippen MR) is 101 cm³/mol. The van der Waals surface area contributed by atoms with E-state index in [1.807, 2.05) is 36.1 Å². The number of benzene rings is 1. The molecule has 0 aliphatic carbocycles. The number of carbonyl (C=O) groups excluding carboxylic acids is 1. The summed E-state index contributed by atoms with van der Waals surface area (Å²) in [7, 11) is 0. The zero-order chi connectivity index (χ0) is 17.9. The van der Waals surface area contributed by atoms with Crippen LogP contribution in [0.2, 0.25) is 0 Å². The summed E-state index contributed by atoms with van der Waals surface area (Å²) in [5.41, 5.74) is 2.08. The maximum atomic E-state index is 12.5. The number of H-pyrrole nitrogens is 2. The third-order valence-corrected chi connectivity index (χ3v) is 5.53. The van der Waals surface area contributed by atoms with Gasteiger partial charge in [0.2, 0.25) is 11.1 Å². The van der Waals surface area contributed by atoms with E-state index in [-0.39, 0.29) is 5.91 Å². The number of piperidine rings is 1. The van der Waals surface area contributed by atoms with E-state index in [1.165, 1.54) is 11.8 Å². The molecule has 1 amide bonds. The van der Waals surface area contributed by atoms with Crippen LogP contribution >= 0.6 is 11.8 Å². The number of aromatic nitrogens is 5.